The monoisotopic (exact) mass is 226 g/mol. The Balaban J connectivity index is 2.37. The van der Waals surface area contributed by atoms with Gasteiger partial charge in [-0.3, -0.25) is 0 Å². The minimum atomic E-state index is 0.553. The Bertz CT molecular complexity index is 281. The molecular weight excluding hydrogens is 204 g/mol. The fourth-order valence-corrected chi connectivity index (χ4v) is 2.32. The Morgan fingerprint density at radius 2 is 2.13 bits per heavy atom. The number of thiazole rings is 1. The van der Waals surface area contributed by atoms with Crippen molar-refractivity contribution in [3.63, 3.8) is 0 Å². The molecule has 3 heteroatoms. The molecule has 1 atom stereocenters. The van der Waals surface area contributed by atoms with Gasteiger partial charge >= 0.3 is 0 Å². The van der Waals surface area contributed by atoms with Crippen molar-refractivity contribution < 1.29 is 0 Å². The van der Waals surface area contributed by atoms with Gasteiger partial charge in [0.05, 0.1) is 10.7 Å². The van der Waals surface area contributed by atoms with Gasteiger partial charge in [0.25, 0.3) is 0 Å². The quantitative estimate of drug-likeness (QED) is 0.802. The van der Waals surface area contributed by atoms with Crippen LogP contribution in [0.4, 0.5) is 0 Å². The van der Waals surface area contributed by atoms with Crippen LogP contribution in [0, 0.1) is 0 Å². The van der Waals surface area contributed by atoms with Crippen molar-refractivity contribution in [3.05, 3.63) is 16.1 Å². The first kappa shape index (κ1) is 12.7. The topological polar surface area (TPSA) is 24.9 Å². The molecule has 0 aliphatic heterocycles. The first-order chi connectivity index (χ1) is 7.13. The molecule has 0 saturated heterocycles. The normalized spacial score (nSPS) is 13.4. The maximum absolute atomic E-state index is 4.60. The first-order valence-corrected chi connectivity index (χ1v) is 6.69. The molecule has 1 rings (SSSR count). The van der Waals surface area contributed by atoms with Crippen molar-refractivity contribution in [3.8, 4) is 0 Å². The molecule has 0 aliphatic rings. The third-order valence-corrected chi connectivity index (χ3v) is 3.61. The minimum Gasteiger partial charge on any atom is -0.309 e. The van der Waals surface area contributed by atoms with E-state index in [1.165, 1.54) is 23.5 Å². The molecule has 2 nitrogen and oxygen atoms in total. The molecule has 1 aromatic rings. The molecule has 0 radical (unpaired) electrons. The van der Waals surface area contributed by atoms with Gasteiger partial charge in [0.15, 0.2) is 0 Å². The lowest BCUT2D eigenvalue weighted by atomic mass is 10.2. The average Bonchev–Trinajstić information content (AvgIpc) is 2.63. The van der Waals surface area contributed by atoms with Crippen LogP contribution in [0.2, 0.25) is 0 Å². The molecule has 0 bridgehead atoms. The summed E-state index contributed by atoms with van der Waals surface area (Å²) in [6.45, 7) is 9.74. The third-order valence-electron chi connectivity index (χ3n) is 2.42. The Kier molecular flexibility index (Phi) is 5.26. The summed E-state index contributed by atoms with van der Waals surface area (Å²) in [6, 6.07) is 0.596. The molecule has 0 saturated carbocycles. The molecule has 0 aromatic carbocycles. The van der Waals surface area contributed by atoms with Gasteiger partial charge in [-0.05, 0) is 13.3 Å². The molecule has 1 heterocycles. The summed E-state index contributed by atoms with van der Waals surface area (Å²) >= 11 is 1.77. The average molecular weight is 226 g/mol. The summed E-state index contributed by atoms with van der Waals surface area (Å²) in [5, 5.41) is 6.91. The molecule has 0 aliphatic carbocycles. The van der Waals surface area contributed by atoms with E-state index in [9.17, 15) is 0 Å². The predicted octanol–water partition coefficient (Wildman–Crippen LogP) is 3.54. The van der Waals surface area contributed by atoms with Gasteiger partial charge in [-0.15, -0.1) is 11.3 Å². The Morgan fingerprint density at radius 3 is 2.67 bits per heavy atom. The van der Waals surface area contributed by atoms with Crippen LogP contribution in [0.25, 0.3) is 0 Å². The number of nitrogens with one attached hydrogen (secondary N) is 1. The fourth-order valence-electron chi connectivity index (χ4n) is 1.48. The van der Waals surface area contributed by atoms with Crippen LogP contribution in [-0.4, -0.2) is 11.0 Å². The summed E-state index contributed by atoms with van der Waals surface area (Å²) in [7, 11) is 0. The highest BCUT2D eigenvalue weighted by Crippen LogP contribution is 2.19. The maximum Gasteiger partial charge on any atom is 0.0954 e. The van der Waals surface area contributed by atoms with Crippen molar-refractivity contribution in [2.45, 2.75) is 59.0 Å². The summed E-state index contributed by atoms with van der Waals surface area (Å²) in [4.78, 5) is 4.60. The number of hydrogen-bond acceptors (Lipinski definition) is 3. The molecular formula is C12H22N2S. The Morgan fingerprint density at radius 1 is 1.40 bits per heavy atom. The second-order valence-electron chi connectivity index (χ2n) is 4.40. The summed E-state index contributed by atoms with van der Waals surface area (Å²) in [5.74, 6) is 0.553. The zero-order chi connectivity index (χ0) is 11.3. The summed E-state index contributed by atoms with van der Waals surface area (Å²) in [5.41, 5.74) is 1.19. The van der Waals surface area contributed by atoms with E-state index in [-0.39, 0.29) is 0 Å². The number of hydrogen-bond donors (Lipinski definition) is 1. The standard InChI is InChI=1S/C12H22N2S/c1-5-6-10(4)13-7-11-8-15-12(14-11)9(2)3/h8-10,13H,5-7H2,1-4H3. The van der Waals surface area contributed by atoms with Gasteiger partial charge in [-0.1, -0.05) is 27.2 Å². The van der Waals surface area contributed by atoms with Gasteiger partial charge < -0.3 is 5.32 Å². The van der Waals surface area contributed by atoms with Crippen LogP contribution in [-0.2, 0) is 6.54 Å². The van der Waals surface area contributed by atoms with Crippen LogP contribution >= 0.6 is 11.3 Å². The highest BCUT2D eigenvalue weighted by molar-refractivity contribution is 7.09. The smallest absolute Gasteiger partial charge is 0.0954 e. The second kappa shape index (κ2) is 6.23. The molecule has 1 N–H and O–H groups in total. The zero-order valence-corrected chi connectivity index (χ0v) is 11.0. The third kappa shape index (κ3) is 4.31. The van der Waals surface area contributed by atoms with Crippen molar-refractivity contribution in [2.24, 2.45) is 0 Å². The van der Waals surface area contributed by atoms with Crippen molar-refractivity contribution in [1.82, 2.24) is 10.3 Å². The van der Waals surface area contributed by atoms with E-state index in [0.29, 0.717) is 12.0 Å². The number of nitrogens with zero attached hydrogens (tertiary/aromatic N) is 1. The lowest BCUT2D eigenvalue weighted by Crippen LogP contribution is -2.25. The zero-order valence-electron chi connectivity index (χ0n) is 10.2. The molecule has 86 valence electrons. The van der Waals surface area contributed by atoms with Gasteiger partial charge in [0, 0.05) is 23.9 Å². The van der Waals surface area contributed by atoms with Gasteiger partial charge in [0.1, 0.15) is 0 Å². The van der Waals surface area contributed by atoms with E-state index in [0.717, 1.165) is 6.54 Å². The Labute approximate surface area is 97.1 Å². The fraction of sp³-hybridized carbons (Fsp3) is 0.750. The molecule has 0 spiro atoms. The highest BCUT2D eigenvalue weighted by Gasteiger charge is 2.06. The van der Waals surface area contributed by atoms with E-state index in [1.807, 2.05) is 0 Å². The summed E-state index contributed by atoms with van der Waals surface area (Å²) in [6.07, 6.45) is 2.48. The van der Waals surface area contributed by atoms with Gasteiger partial charge in [0.2, 0.25) is 0 Å². The lowest BCUT2D eigenvalue weighted by molar-refractivity contribution is 0.504. The largest absolute Gasteiger partial charge is 0.309 e. The maximum atomic E-state index is 4.60. The first-order valence-electron chi connectivity index (χ1n) is 5.81. The van der Waals surface area contributed by atoms with E-state index >= 15 is 0 Å². The molecule has 1 unspecified atom stereocenters. The predicted molar refractivity (Wildman–Crippen MR) is 67.4 cm³/mol. The van der Waals surface area contributed by atoms with Crippen LogP contribution in [0.5, 0.6) is 0 Å². The van der Waals surface area contributed by atoms with E-state index in [4.69, 9.17) is 0 Å². The summed E-state index contributed by atoms with van der Waals surface area (Å²) < 4.78 is 0. The number of rotatable bonds is 6. The van der Waals surface area contributed by atoms with Crippen molar-refractivity contribution in [1.29, 1.82) is 0 Å². The van der Waals surface area contributed by atoms with Crippen molar-refractivity contribution >= 4 is 11.3 Å². The highest BCUT2D eigenvalue weighted by atomic mass is 32.1. The molecule has 0 fully saturated rings. The molecule has 1 aromatic heterocycles. The van der Waals surface area contributed by atoms with E-state index in [1.54, 1.807) is 11.3 Å². The van der Waals surface area contributed by atoms with Crippen LogP contribution in [0.3, 0.4) is 0 Å². The molecule has 0 amide bonds. The van der Waals surface area contributed by atoms with E-state index in [2.05, 4.69) is 43.4 Å². The van der Waals surface area contributed by atoms with Crippen LogP contribution < -0.4 is 5.32 Å². The Hall–Kier alpha value is -0.410. The van der Waals surface area contributed by atoms with Gasteiger partial charge in [-0.25, -0.2) is 4.98 Å². The second-order valence-corrected chi connectivity index (χ2v) is 5.29. The van der Waals surface area contributed by atoms with Crippen LogP contribution in [0.1, 0.15) is 57.2 Å². The minimum absolute atomic E-state index is 0.553. The van der Waals surface area contributed by atoms with E-state index < -0.39 is 0 Å². The van der Waals surface area contributed by atoms with Gasteiger partial charge in [-0.2, -0.15) is 0 Å². The lowest BCUT2D eigenvalue weighted by Gasteiger charge is -2.10. The molecule has 15 heavy (non-hydrogen) atoms. The van der Waals surface area contributed by atoms with Crippen molar-refractivity contribution in [2.75, 3.05) is 0 Å². The van der Waals surface area contributed by atoms with Crippen LogP contribution in [0.15, 0.2) is 5.38 Å². The SMILES string of the molecule is CCCC(C)NCc1csc(C(C)C)n1. The number of aromatic nitrogens is 1.